The Morgan fingerprint density at radius 3 is 2.76 bits per heavy atom. The number of carbonyl (C=O) groups excluding carboxylic acids is 2. The molecular weight excluding hydrogens is 324 g/mol. The zero-order chi connectivity index (χ0) is 17.9. The predicted molar refractivity (Wildman–Crippen MR) is 91.4 cm³/mol. The summed E-state index contributed by atoms with van der Waals surface area (Å²) in [7, 11) is 1.51. The molecule has 1 saturated carbocycles. The second kappa shape index (κ2) is 7.41. The van der Waals surface area contributed by atoms with Gasteiger partial charge in [-0.1, -0.05) is 6.07 Å². The Labute approximate surface area is 147 Å². The Morgan fingerprint density at radius 2 is 2.04 bits per heavy atom. The molecule has 1 saturated heterocycles. The molecule has 0 aromatic heterocycles. The highest BCUT2D eigenvalue weighted by atomic mass is 16.7. The number of aryl methyl sites for hydroxylation is 1. The van der Waals surface area contributed by atoms with Gasteiger partial charge in [0.1, 0.15) is 11.9 Å². The molecule has 7 heteroatoms. The lowest BCUT2D eigenvalue weighted by Crippen LogP contribution is -2.40. The Morgan fingerprint density at radius 1 is 1.28 bits per heavy atom. The summed E-state index contributed by atoms with van der Waals surface area (Å²) in [6, 6.07) is 5.36. The predicted octanol–water partition coefficient (Wildman–Crippen LogP) is 1.74. The molecule has 1 aliphatic heterocycles. The standard InChI is InChI=1S/C18H24N2O5/c1-12-5-6-15(23-2)14(9-12)20-17(22)16(21)19-10-13-11-24-18(25-13)7-3-4-8-18/h5-6,9,13H,3-4,7-8,10-11H2,1-2H3,(H,19,21)(H,20,22). The second-order valence-corrected chi connectivity index (χ2v) is 6.54. The summed E-state index contributed by atoms with van der Waals surface area (Å²) < 4.78 is 16.9. The van der Waals surface area contributed by atoms with E-state index in [4.69, 9.17) is 14.2 Å². The van der Waals surface area contributed by atoms with Crippen LogP contribution in [0.2, 0.25) is 0 Å². The maximum atomic E-state index is 12.1. The van der Waals surface area contributed by atoms with Gasteiger partial charge in [0.05, 0.1) is 19.4 Å². The summed E-state index contributed by atoms with van der Waals surface area (Å²) in [4.78, 5) is 24.1. The van der Waals surface area contributed by atoms with Crippen LogP contribution in [0.5, 0.6) is 5.75 Å². The van der Waals surface area contributed by atoms with Crippen molar-refractivity contribution in [2.24, 2.45) is 0 Å². The quantitative estimate of drug-likeness (QED) is 0.810. The third-order valence-corrected chi connectivity index (χ3v) is 4.58. The number of rotatable bonds is 4. The summed E-state index contributed by atoms with van der Waals surface area (Å²) >= 11 is 0. The minimum absolute atomic E-state index is 0.219. The molecule has 1 atom stereocenters. The fraction of sp³-hybridized carbons (Fsp3) is 0.556. The molecule has 25 heavy (non-hydrogen) atoms. The lowest BCUT2D eigenvalue weighted by molar-refractivity contribution is -0.161. The fourth-order valence-electron chi connectivity index (χ4n) is 3.28. The van der Waals surface area contributed by atoms with E-state index in [0.29, 0.717) is 18.0 Å². The molecule has 7 nitrogen and oxygen atoms in total. The van der Waals surface area contributed by atoms with Gasteiger partial charge in [-0.05, 0) is 37.5 Å². The van der Waals surface area contributed by atoms with E-state index in [9.17, 15) is 9.59 Å². The molecule has 0 bridgehead atoms. The van der Waals surface area contributed by atoms with Crippen LogP contribution in [0.3, 0.4) is 0 Å². The molecule has 3 rings (SSSR count). The van der Waals surface area contributed by atoms with Gasteiger partial charge in [0.25, 0.3) is 0 Å². The highest BCUT2D eigenvalue weighted by Crippen LogP contribution is 2.38. The molecule has 1 aliphatic carbocycles. The van der Waals surface area contributed by atoms with E-state index >= 15 is 0 Å². The summed E-state index contributed by atoms with van der Waals surface area (Å²) in [6.45, 7) is 2.58. The monoisotopic (exact) mass is 348 g/mol. The third-order valence-electron chi connectivity index (χ3n) is 4.58. The van der Waals surface area contributed by atoms with Crippen molar-refractivity contribution < 1.29 is 23.8 Å². The van der Waals surface area contributed by atoms with Crippen molar-refractivity contribution in [2.45, 2.75) is 44.5 Å². The first-order valence-corrected chi connectivity index (χ1v) is 8.57. The SMILES string of the molecule is COc1ccc(C)cc1NC(=O)C(=O)NCC1COC2(CCCC2)O1. The van der Waals surface area contributed by atoms with E-state index in [2.05, 4.69) is 10.6 Å². The molecule has 2 N–H and O–H groups in total. The van der Waals surface area contributed by atoms with Crippen LogP contribution in [0, 0.1) is 6.92 Å². The average molecular weight is 348 g/mol. The van der Waals surface area contributed by atoms with Crippen LogP contribution in [0.4, 0.5) is 5.69 Å². The van der Waals surface area contributed by atoms with Gasteiger partial charge in [-0.2, -0.15) is 0 Å². The zero-order valence-electron chi connectivity index (χ0n) is 14.6. The van der Waals surface area contributed by atoms with Crippen LogP contribution in [-0.2, 0) is 19.1 Å². The number of methoxy groups -OCH3 is 1. The Kier molecular flexibility index (Phi) is 5.24. The van der Waals surface area contributed by atoms with Crippen LogP contribution in [-0.4, -0.2) is 44.0 Å². The van der Waals surface area contributed by atoms with E-state index < -0.39 is 17.6 Å². The van der Waals surface area contributed by atoms with Gasteiger partial charge in [0.15, 0.2) is 5.79 Å². The summed E-state index contributed by atoms with van der Waals surface area (Å²) in [5.41, 5.74) is 1.42. The number of nitrogens with one attached hydrogen (secondary N) is 2. The molecular formula is C18H24N2O5. The Hall–Kier alpha value is -2.12. The van der Waals surface area contributed by atoms with E-state index in [1.54, 1.807) is 12.1 Å². The number of hydrogen-bond donors (Lipinski definition) is 2. The average Bonchev–Trinajstić information content (AvgIpc) is 3.23. The van der Waals surface area contributed by atoms with Gasteiger partial charge in [0, 0.05) is 19.4 Å². The van der Waals surface area contributed by atoms with Crippen LogP contribution in [0.15, 0.2) is 18.2 Å². The largest absolute Gasteiger partial charge is 0.495 e. The van der Waals surface area contributed by atoms with Gasteiger partial charge in [0.2, 0.25) is 0 Å². The summed E-state index contributed by atoms with van der Waals surface area (Å²) in [6.07, 6.45) is 3.76. The lowest BCUT2D eigenvalue weighted by Gasteiger charge is -2.21. The first-order chi connectivity index (χ1) is 12.0. The van der Waals surface area contributed by atoms with E-state index in [1.165, 1.54) is 7.11 Å². The van der Waals surface area contributed by atoms with E-state index in [-0.39, 0.29) is 12.6 Å². The minimum atomic E-state index is -0.738. The number of amides is 2. The molecule has 2 fully saturated rings. The maximum absolute atomic E-state index is 12.1. The topological polar surface area (TPSA) is 85.9 Å². The highest BCUT2D eigenvalue weighted by Gasteiger charge is 2.43. The smallest absolute Gasteiger partial charge is 0.313 e. The van der Waals surface area contributed by atoms with Crippen LogP contribution in [0.25, 0.3) is 0 Å². The number of hydrogen-bond acceptors (Lipinski definition) is 5. The second-order valence-electron chi connectivity index (χ2n) is 6.54. The normalized spacial score (nSPS) is 21.3. The number of carbonyl (C=O) groups is 2. The van der Waals surface area contributed by atoms with E-state index in [0.717, 1.165) is 31.2 Å². The number of anilines is 1. The van der Waals surface area contributed by atoms with Crippen molar-refractivity contribution in [1.29, 1.82) is 0 Å². The van der Waals surface area contributed by atoms with Gasteiger partial charge >= 0.3 is 11.8 Å². The van der Waals surface area contributed by atoms with Crippen molar-refractivity contribution in [3.05, 3.63) is 23.8 Å². The first kappa shape index (κ1) is 17.7. The number of ether oxygens (including phenoxy) is 3. The van der Waals surface area contributed by atoms with Crippen molar-refractivity contribution in [1.82, 2.24) is 5.32 Å². The van der Waals surface area contributed by atoms with Crippen molar-refractivity contribution in [3.63, 3.8) is 0 Å². The summed E-state index contributed by atoms with van der Waals surface area (Å²) in [5, 5.41) is 5.18. The van der Waals surface area contributed by atoms with Crippen molar-refractivity contribution in [3.8, 4) is 5.75 Å². The van der Waals surface area contributed by atoms with Crippen molar-refractivity contribution in [2.75, 3.05) is 25.6 Å². The molecule has 1 heterocycles. The summed E-state index contributed by atoms with van der Waals surface area (Å²) in [5.74, 6) is -1.41. The van der Waals surface area contributed by atoms with E-state index in [1.807, 2.05) is 13.0 Å². The first-order valence-electron chi connectivity index (χ1n) is 8.57. The lowest BCUT2D eigenvalue weighted by atomic mass is 10.2. The molecule has 1 unspecified atom stereocenters. The minimum Gasteiger partial charge on any atom is -0.495 e. The van der Waals surface area contributed by atoms with Gasteiger partial charge in [-0.3, -0.25) is 9.59 Å². The highest BCUT2D eigenvalue weighted by molar-refractivity contribution is 6.39. The van der Waals surface area contributed by atoms with Gasteiger partial charge in [-0.15, -0.1) is 0 Å². The molecule has 2 aliphatic rings. The van der Waals surface area contributed by atoms with Crippen molar-refractivity contribution >= 4 is 17.5 Å². The van der Waals surface area contributed by atoms with Gasteiger partial charge in [-0.25, -0.2) is 0 Å². The molecule has 1 spiro atoms. The van der Waals surface area contributed by atoms with Crippen LogP contribution >= 0.6 is 0 Å². The van der Waals surface area contributed by atoms with Crippen LogP contribution < -0.4 is 15.4 Å². The van der Waals surface area contributed by atoms with Gasteiger partial charge < -0.3 is 24.8 Å². The maximum Gasteiger partial charge on any atom is 0.313 e. The molecule has 0 radical (unpaired) electrons. The number of benzene rings is 1. The fourth-order valence-corrected chi connectivity index (χ4v) is 3.28. The molecule has 1 aromatic carbocycles. The third kappa shape index (κ3) is 4.11. The molecule has 2 amide bonds. The van der Waals surface area contributed by atoms with Crippen LogP contribution in [0.1, 0.15) is 31.2 Å². The molecule has 1 aromatic rings. The Bertz CT molecular complexity index is 655. The zero-order valence-corrected chi connectivity index (χ0v) is 14.6. The Balaban J connectivity index is 1.50. The molecule has 136 valence electrons.